The van der Waals surface area contributed by atoms with Gasteiger partial charge in [-0.3, -0.25) is 4.72 Å². The fourth-order valence-electron chi connectivity index (χ4n) is 2.90. The van der Waals surface area contributed by atoms with Gasteiger partial charge in [-0.15, -0.1) is 0 Å². The van der Waals surface area contributed by atoms with Crippen LogP contribution in [0.2, 0.25) is 0 Å². The summed E-state index contributed by atoms with van der Waals surface area (Å²) in [6.07, 6.45) is 1.59. The Balaban J connectivity index is 1.99. The van der Waals surface area contributed by atoms with Gasteiger partial charge in [0.25, 0.3) is 10.0 Å². The molecule has 142 valence electrons. The monoisotopic (exact) mass is 385 g/mol. The molecule has 7 heteroatoms. The molecular weight excluding hydrogens is 362 g/mol. The third-order valence-electron chi connectivity index (χ3n) is 4.33. The van der Waals surface area contributed by atoms with Crippen molar-refractivity contribution in [3.8, 4) is 11.3 Å². The number of hydrogen-bond donors (Lipinski definition) is 1. The number of nitrogens with one attached hydrogen (secondary N) is 1. The lowest BCUT2D eigenvalue weighted by atomic mass is 10.1. The summed E-state index contributed by atoms with van der Waals surface area (Å²) in [5.74, 6) is 1.07. The molecule has 2 aromatic carbocycles. The maximum Gasteiger partial charge on any atom is 0.262 e. The van der Waals surface area contributed by atoms with Crippen molar-refractivity contribution >= 4 is 21.4 Å². The van der Waals surface area contributed by atoms with E-state index in [4.69, 9.17) is 4.42 Å². The molecule has 0 unspecified atom stereocenters. The number of oxazole rings is 1. The first kappa shape index (κ1) is 19.0. The van der Waals surface area contributed by atoms with Crippen LogP contribution in [-0.4, -0.2) is 27.5 Å². The molecule has 0 saturated carbocycles. The summed E-state index contributed by atoms with van der Waals surface area (Å²) in [5, 5.41) is 0. The largest absolute Gasteiger partial charge is 0.441 e. The van der Waals surface area contributed by atoms with Gasteiger partial charge in [-0.1, -0.05) is 18.2 Å². The Morgan fingerprint density at radius 3 is 2.33 bits per heavy atom. The summed E-state index contributed by atoms with van der Waals surface area (Å²) < 4.78 is 34.2. The average Bonchev–Trinajstić information content (AvgIpc) is 3.03. The second kappa shape index (κ2) is 7.08. The molecule has 0 spiro atoms. The van der Waals surface area contributed by atoms with Gasteiger partial charge in [-0.05, 0) is 43.2 Å². The average molecular weight is 385 g/mol. The van der Waals surface area contributed by atoms with Crippen LogP contribution in [-0.2, 0) is 10.0 Å². The van der Waals surface area contributed by atoms with Crippen molar-refractivity contribution in [2.24, 2.45) is 0 Å². The van der Waals surface area contributed by atoms with Crippen LogP contribution < -0.4 is 9.62 Å². The second-order valence-corrected chi connectivity index (χ2v) is 8.38. The van der Waals surface area contributed by atoms with Gasteiger partial charge in [0, 0.05) is 32.3 Å². The van der Waals surface area contributed by atoms with Gasteiger partial charge >= 0.3 is 0 Å². The van der Waals surface area contributed by atoms with E-state index in [1.54, 1.807) is 38.2 Å². The summed E-state index contributed by atoms with van der Waals surface area (Å²) in [5.41, 5.74) is 3.87. The second-order valence-electron chi connectivity index (χ2n) is 6.72. The summed E-state index contributed by atoms with van der Waals surface area (Å²) in [7, 11) is 0.0948. The van der Waals surface area contributed by atoms with Crippen molar-refractivity contribution in [3.05, 3.63) is 59.6 Å². The van der Waals surface area contributed by atoms with E-state index in [1.165, 1.54) is 0 Å². The van der Waals surface area contributed by atoms with E-state index in [9.17, 15) is 8.42 Å². The van der Waals surface area contributed by atoms with Gasteiger partial charge in [-0.2, -0.15) is 0 Å². The Kier molecular flexibility index (Phi) is 4.97. The highest BCUT2D eigenvalue weighted by Crippen LogP contribution is 2.28. The minimum atomic E-state index is -3.75. The van der Waals surface area contributed by atoms with Crippen molar-refractivity contribution in [1.82, 2.24) is 4.98 Å². The molecule has 0 aliphatic heterocycles. The number of anilines is 2. The molecule has 27 heavy (non-hydrogen) atoms. The van der Waals surface area contributed by atoms with Crippen molar-refractivity contribution in [1.29, 1.82) is 0 Å². The first-order valence-corrected chi connectivity index (χ1v) is 10.00. The molecule has 3 aromatic rings. The SMILES string of the molecule is Cc1ncc(-c2ccc(C)c(S(=O)(=O)Nc3ccc(C)c(N(C)C)c3)c2)o1. The van der Waals surface area contributed by atoms with Crippen LogP contribution >= 0.6 is 0 Å². The molecule has 0 fully saturated rings. The van der Waals surface area contributed by atoms with Crippen LogP contribution in [0.5, 0.6) is 0 Å². The van der Waals surface area contributed by atoms with E-state index in [0.29, 0.717) is 28.5 Å². The van der Waals surface area contributed by atoms with Crippen LogP contribution in [0.3, 0.4) is 0 Å². The molecule has 0 bridgehead atoms. The van der Waals surface area contributed by atoms with Gasteiger partial charge in [0.1, 0.15) is 0 Å². The summed E-state index contributed by atoms with van der Waals surface area (Å²) in [4.78, 5) is 6.23. The summed E-state index contributed by atoms with van der Waals surface area (Å²) in [6.45, 7) is 5.50. The number of aromatic nitrogens is 1. The Bertz CT molecular complexity index is 1090. The number of sulfonamides is 1. The fourth-order valence-corrected chi connectivity index (χ4v) is 4.22. The molecular formula is C20H23N3O3S. The smallest absolute Gasteiger partial charge is 0.262 e. The lowest BCUT2D eigenvalue weighted by Crippen LogP contribution is -2.16. The molecule has 6 nitrogen and oxygen atoms in total. The molecule has 0 radical (unpaired) electrons. The lowest BCUT2D eigenvalue weighted by molar-refractivity contribution is 0.534. The zero-order chi connectivity index (χ0) is 19.8. The highest BCUT2D eigenvalue weighted by atomic mass is 32.2. The lowest BCUT2D eigenvalue weighted by Gasteiger charge is -2.18. The predicted octanol–water partition coefficient (Wildman–Crippen LogP) is 4.13. The van der Waals surface area contributed by atoms with E-state index in [1.807, 2.05) is 44.1 Å². The molecule has 0 aliphatic rings. The molecule has 1 aromatic heterocycles. The molecule has 0 saturated heterocycles. The molecule has 1 heterocycles. The van der Waals surface area contributed by atoms with Gasteiger partial charge in [0.05, 0.1) is 16.8 Å². The third kappa shape index (κ3) is 3.98. The Hall–Kier alpha value is -2.80. The normalized spacial score (nSPS) is 11.4. The zero-order valence-corrected chi connectivity index (χ0v) is 16.9. The van der Waals surface area contributed by atoms with Crippen LogP contribution in [0.25, 0.3) is 11.3 Å². The standard InChI is InChI=1S/C20H23N3O3S/c1-13-7-9-17(11-18(13)23(4)5)22-27(24,25)20-10-16(8-6-14(20)2)19-12-21-15(3)26-19/h6-12,22H,1-5H3. The zero-order valence-electron chi connectivity index (χ0n) is 16.1. The van der Waals surface area contributed by atoms with E-state index < -0.39 is 10.0 Å². The number of rotatable bonds is 5. The number of hydrogen-bond acceptors (Lipinski definition) is 5. The molecule has 1 N–H and O–H groups in total. The minimum absolute atomic E-state index is 0.209. The van der Waals surface area contributed by atoms with Crippen molar-refractivity contribution < 1.29 is 12.8 Å². The minimum Gasteiger partial charge on any atom is -0.441 e. The number of benzene rings is 2. The summed E-state index contributed by atoms with van der Waals surface area (Å²) >= 11 is 0. The molecule has 0 atom stereocenters. The highest BCUT2D eigenvalue weighted by molar-refractivity contribution is 7.92. The van der Waals surface area contributed by atoms with Crippen molar-refractivity contribution in [3.63, 3.8) is 0 Å². The summed E-state index contributed by atoms with van der Waals surface area (Å²) in [6, 6.07) is 10.7. The van der Waals surface area contributed by atoms with Crippen LogP contribution in [0.4, 0.5) is 11.4 Å². The Morgan fingerprint density at radius 1 is 1.00 bits per heavy atom. The van der Waals surface area contributed by atoms with E-state index in [2.05, 4.69) is 9.71 Å². The van der Waals surface area contributed by atoms with Gasteiger partial charge in [-0.25, -0.2) is 13.4 Å². The highest BCUT2D eigenvalue weighted by Gasteiger charge is 2.19. The number of aryl methyl sites for hydroxylation is 3. The maximum absolute atomic E-state index is 13.0. The third-order valence-corrected chi connectivity index (χ3v) is 5.85. The van der Waals surface area contributed by atoms with Crippen LogP contribution in [0.15, 0.2) is 51.9 Å². The Morgan fingerprint density at radius 2 is 1.70 bits per heavy atom. The molecule has 3 rings (SSSR count). The topological polar surface area (TPSA) is 75.4 Å². The quantitative estimate of drug-likeness (QED) is 0.715. The predicted molar refractivity (Wildman–Crippen MR) is 108 cm³/mol. The van der Waals surface area contributed by atoms with Crippen LogP contribution in [0, 0.1) is 20.8 Å². The van der Waals surface area contributed by atoms with Gasteiger partial charge in [0.2, 0.25) is 0 Å². The number of nitrogens with zero attached hydrogens (tertiary/aromatic N) is 2. The van der Waals surface area contributed by atoms with E-state index in [-0.39, 0.29) is 4.90 Å². The van der Waals surface area contributed by atoms with Gasteiger partial charge in [0.15, 0.2) is 11.7 Å². The van der Waals surface area contributed by atoms with Gasteiger partial charge < -0.3 is 9.32 Å². The van der Waals surface area contributed by atoms with Crippen LogP contribution in [0.1, 0.15) is 17.0 Å². The molecule has 0 amide bonds. The fraction of sp³-hybridized carbons (Fsp3) is 0.250. The van der Waals surface area contributed by atoms with Crippen molar-refractivity contribution in [2.75, 3.05) is 23.7 Å². The molecule has 0 aliphatic carbocycles. The van der Waals surface area contributed by atoms with Crippen molar-refractivity contribution in [2.45, 2.75) is 25.7 Å². The first-order chi connectivity index (χ1) is 12.7. The van der Waals surface area contributed by atoms with E-state index >= 15 is 0 Å². The first-order valence-electron chi connectivity index (χ1n) is 8.51. The van der Waals surface area contributed by atoms with E-state index in [0.717, 1.165) is 11.3 Å². The maximum atomic E-state index is 13.0. The Labute approximate surface area is 159 Å².